The van der Waals surface area contributed by atoms with Crippen molar-refractivity contribution >= 4 is 34.9 Å². The fourth-order valence-electron chi connectivity index (χ4n) is 2.89. The van der Waals surface area contributed by atoms with Crippen molar-refractivity contribution in [3.63, 3.8) is 0 Å². The third-order valence-electron chi connectivity index (χ3n) is 4.53. The van der Waals surface area contributed by atoms with Crippen molar-refractivity contribution in [1.29, 1.82) is 0 Å². The molecular weight excluding hydrogens is 410 g/mol. The number of hydrogen-bond donors (Lipinski definition) is 1. The number of ether oxygens (including phenoxy) is 1. The Kier molecular flexibility index (Phi) is 7.45. The summed E-state index contributed by atoms with van der Waals surface area (Å²) in [7, 11) is 0. The highest BCUT2D eigenvalue weighted by molar-refractivity contribution is 7.80. The normalized spacial score (nSPS) is 10.3. The number of esters is 1. The van der Waals surface area contributed by atoms with Crippen molar-refractivity contribution in [2.45, 2.75) is 20.4 Å². The molecule has 0 aliphatic carbocycles. The molecule has 1 amide bonds. The molecule has 158 valence electrons. The van der Waals surface area contributed by atoms with E-state index >= 15 is 0 Å². The number of thiocarbonyl (C=S) groups is 1. The molecule has 1 N–H and O–H groups in total. The molecule has 0 unspecified atom stereocenters. The van der Waals surface area contributed by atoms with Crippen LogP contribution in [0.5, 0.6) is 0 Å². The van der Waals surface area contributed by atoms with Crippen LogP contribution in [0.25, 0.3) is 0 Å². The van der Waals surface area contributed by atoms with Gasteiger partial charge in [-0.3, -0.25) is 15.1 Å². The van der Waals surface area contributed by atoms with E-state index in [2.05, 4.69) is 10.3 Å². The Labute approximate surface area is 186 Å². The Hall–Kier alpha value is -3.58. The zero-order valence-electron chi connectivity index (χ0n) is 17.4. The first kappa shape index (κ1) is 22.1. The zero-order valence-corrected chi connectivity index (χ0v) is 18.2. The summed E-state index contributed by atoms with van der Waals surface area (Å²) in [5.74, 6) is -0.674. The van der Waals surface area contributed by atoms with Gasteiger partial charge in [-0.05, 0) is 74.1 Å². The monoisotopic (exact) mass is 433 g/mol. The van der Waals surface area contributed by atoms with Crippen molar-refractivity contribution in [1.82, 2.24) is 10.3 Å². The summed E-state index contributed by atoms with van der Waals surface area (Å²) in [6, 6.07) is 17.9. The van der Waals surface area contributed by atoms with Crippen molar-refractivity contribution in [2.24, 2.45) is 0 Å². The number of nitrogens with one attached hydrogen (secondary N) is 1. The van der Waals surface area contributed by atoms with E-state index in [0.717, 1.165) is 16.8 Å². The summed E-state index contributed by atoms with van der Waals surface area (Å²) in [4.78, 5) is 30.6. The SMILES string of the molecule is CCOC(=O)c1ccc(N(Cc2cccnc2)C(=S)NC(=O)c2ccc(C)cc2)cc1. The van der Waals surface area contributed by atoms with Gasteiger partial charge < -0.3 is 9.64 Å². The molecule has 6 nitrogen and oxygen atoms in total. The third kappa shape index (κ3) is 5.96. The number of hydrogen-bond acceptors (Lipinski definition) is 5. The van der Waals surface area contributed by atoms with Gasteiger partial charge >= 0.3 is 5.97 Å². The number of rotatable bonds is 6. The average Bonchev–Trinajstić information content (AvgIpc) is 2.79. The second-order valence-corrected chi connectivity index (χ2v) is 7.23. The van der Waals surface area contributed by atoms with Gasteiger partial charge in [-0.15, -0.1) is 0 Å². The minimum Gasteiger partial charge on any atom is -0.462 e. The molecule has 0 aliphatic rings. The minimum absolute atomic E-state index is 0.248. The van der Waals surface area contributed by atoms with Gasteiger partial charge in [0.25, 0.3) is 5.91 Å². The molecule has 0 radical (unpaired) electrons. The number of carbonyl (C=O) groups is 2. The maximum Gasteiger partial charge on any atom is 0.338 e. The fourth-order valence-corrected chi connectivity index (χ4v) is 3.15. The van der Waals surface area contributed by atoms with Crippen molar-refractivity contribution in [3.8, 4) is 0 Å². The van der Waals surface area contributed by atoms with E-state index in [0.29, 0.717) is 24.3 Å². The third-order valence-corrected chi connectivity index (χ3v) is 4.86. The van der Waals surface area contributed by atoms with Gasteiger partial charge in [-0.1, -0.05) is 23.8 Å². The predicted octanol–water partition coefficient (Wildman–Crippen LogP) is 4.29. The molecule has 1 aromatic heterocycles. The van der Waals surface area contributed by atoms with Crippen LogP contribution in [0.3, 0.4) is 0 Å². The van der Waals surface area contributed by atoms with Crippen LogP contribution in [-0.4, -0.2) is 28.6 Å². The lowest BCUT2D eigenvalue weighted by molar-refractivity contribution is 0.0526. The Morgan fingerprint density at radius 3 is 2.32 bits per heavy atom. The van der Waals surface area contributed by atoms with Crippen LogP contribution < -0.4 is 10.2 Å². The number of benzene rings is 2. The molecule has 0 spiro atoms. The molecule has 2 aromatic carbocycles. The summed E-state index contributed by atoms with van der Waals surface area (Å²) in [6.07, 6.45) is 3.43. The predicted molar refractivity (Wildman–Crippen MR) is 124 cm³/mol. The summed E-state index contributed by atoms with van der Waals surface area (Å²) in [5.41, 5.74) is 3.68. The summed E-state index contributed by atoms with van der Waals surface area (Å²) in [6.45, 7) is 4.43. The van der Waals surface area contributed by atoms with Gasteiger partial charge in [0.1, 0.15) is 0 Å². The van der Waals surface area contributed by atoms with Crippen LogP contribution in [0.15, 0.2) is 73.1 Å². The van der Waals surface area contributed by atoms with E-state index in [1.54, 1.807) is 60.6 Å². The van der Waals surface area contributed by atoms with Gasteiger partial charge in [-0.2, -0.15) is 0 Å². The summed E-state index contributed by atoms with van der Waals surface area (Å²) < 4.78 is 5.04. The number of carbonyl (C=O) groups excluding carboxylic acids is 2. The number of aryl methyl sites for hydroxylation is 1. The van der Waals surface area contributed by atoms with Crippen LogP contribution in [-0.2, 0) is 11.3 Å². The molecule has 0 saturated heterocycles. The molecule has 0 saturated carbocycles. The molecule has 31 heavy (non-hydrogen) atoms. The van der Waals surface area contributed by atoms with E-state index in [-0.39, 0.29) is 17.0 Å². The quantitative estimate of drug-likeness (QED) is 0.462. The van der Waals surface area contributed by atoms with E-state index < -0.39 is 0 Å². The molecule has 3 aromatic rings. The van der Waals surface area contributed by atoms with E-state index in [4.69, 9.17) is 17.0 Å². The average molecular weight is 434 g/mol. The van der Waals surface area contributed by atoms with Gasteiger partial charge in [-0.25, -0.2) is 4.79 Å². The molecule has 3 rings (SSSR count). The second kappa shape index (κ2) is 10.4. The molecule has 0 bridgehead atoms. The zero-order chi connectivity index (χ0) is 22.2. The first-order chi connectivity index (χ1) is 15.0. The van der Waals surface area contributed by atoms with Crippen LogP contribution in [0.4, 0.5) is 5.69 Å². The molecule has 0 fully saturated rings. The lowest BCUT2D eigenvalue weighted by atomic mass is 10.1. The van der Waals surface area contributed by atoms with Gasteiger partial charge in [0, 0.05) is 23.6 Å². The molecule has 0 atom stereocenters. The molecular formula is C24H23N3O3S. The van der Waals surface area contributed by atoms with Gasteiger partial charge in [0.05, 0.1) is 18.7 Å². The van der Waals surface area contributed by atoms with Crippen LogP contribution in [0.2, 0.25) is 0 Å². The number of anilines is 1. The Balaban J connectivity index is 1.83. The molecule has 7 heteroatoms. The highest BCUT2D eigenvalue weighted by atomic mass is 32.1. The number of nitrogens with zero attached hydrogens (tertiary/aromatic N) is 2. The van der Waals surface area contributed by atoms with E-state index in [1.165, 1.54) is 0 Å². The Bertz CT molecular complexity index is 1050. The molecule has 1 heterocycles. The second-order valence-electron chi connectivity index (χ2n) is 6.84. The number of aromatic nitrogens is 1. The van der Waals surface area contributed by atoms with Crippen molar-refractivity contribution < 1.29 is 14.3 Å². The van der Waals surface area contributed by atoms with Gasteiger partial charge in [0.15, 0.2) is 5.11 Å². The highest BCUT2D eigenvalue weighted by Crippen LogP contribution is 2.19. The molecule has 0 aliphatic heterocycles. The lowest BCUT2D eigenvalue weighted by Crippen LogP contribution is -2.42. The maximum atomic E-state index is 12.7. The fraction of sp³-hybridized carbons (Fsp3) is 0.167. The Morgan fingerprint density at radius 2 is 1.71 bits per heavy atom. The standard InChI is InChI=1S/C24H23N3O3S/c1-3-30-23(29)20-10-12-21(13-11-20)27(16-18-5-4-14-25-15-18)24(31)26-22(28)19-8-6-17(2)7-9-19/h4-15H,3,16H2,1-2H3,(H,26,28,31). The van der Waals surface area contributed by atoms with Crippen LogP contribution in [0.1, 0.15) is 38.8 Å². The van der Waals surface area contributed by atoms with Crippen molar-refractivity contribution in [3.05, 3.63) is 95.3 Å². The first-order valence-corrected chi connectivity index (χ1v) is 10.2. The highest BCUT2D eigenvalue weighted by Gasteiger charge is 2.17. The number of pyridine rings is 1. The van der Waals surface area contributed by atoms with Crippen LogP contribution >= 0.6 is 12.2 Å². The number of amides is 1. The summed E-state index contributed by atoms with van der Waals surface area (Å²) in [5, 5.41) is 3.05. The Morgan fingerprint density at radius 1 is 1.03 bits per heavy atom. The smallest absolute Gasteiger partial charge is 0.338 e. The topological polar surface area (TPSA) is 71.5 Å². The van der Waals surface area contributed by atoms with E-state index in [9.17, 15) is 9.59 Å². The van der Waals surface area contributed by atoms with Crippen molar-refractivity contribution in [2.75, 3.05) is 11.5 Å². The maximum absolute atomic E-state index is 12.7. The van der Waals surface area contributed by atoms with Gasteiger partial charge in [0.2, 0.25) is 0 Å². The largest absolute Gasteiger partial charge is 0.462 e. The van der Waals surface area contributed by atoms with Crippen LogP contribution in [0, 0.1) is 6.92 Å². The lowest BCUT2D eigenvalue weighted by Gasteiger charge is -2.26. The summed E-state index contributed by atoms with van der Waals surface area (Å²) >= 11 is 5.57. The minimum atomic E-state index is -0.386. The van der Waals surface area contributed by atoms with E-state index in [1.807, 2.05) is 31.2 Å². The first-order valence-electron chi connectivity index (χ1n) is 9.83.